The zero-order chi connectivity index (χ0) is 15.3. The number of Topliss-reactive ketones (excluding diaryl/α,β-unsaturated/α-hetero) is 1. The number of nitrogens with zero attached hydrogens (tertiary/aromatic N) is 1. The summed E-state index contributed by atoms with van der Waals surface area (Å²) in [5, 5.41) is 2.54. The quantitative estimate of drug-likeness (QED) is 0.845. The van der Waals surface area contributed by atoms with Gasteiger partial charge < -0.3 is 5.32 Å². The van der Waals surface area contributed by atoms with Crippen molar-refractivity contribution >= 4 is 34.9 Å². The minimum Gasteiger partial charge on any atom is -0.326 e. The lowest BCUT2D eigenvalue weighted by Crippen LogP contribution is -2.33. The first-order chi connectivity index (χ1) is 9.31. The van der Waals surface area contributed by atoms with Crippen LogP contribution < -0.4 is 10.2 Å². The molecule has 1 rings (SSSR count). The number of carbonyl (C=O) groups excluding carboxylic acids is 4. The van der Waals surface area contributed by atoms with Crippen molar-refractivity contribution in [2.45, 2.75) is 27.2 Å². The summed E-state index contributed by atoms with van der Waals surface area (Å²) in [5.41, 5.74) is 0.784. The molecule has 0 atom stereocenters. The lowest BCUT2D eigenvalue weighted by Gasteiger charge is -2.18. The minimum atomic E-state index is -0.438. The summed E-state index contributed by atoms with van der Waals surface area (Å²) in [6, 6.07) is 6.31. The molecule has 0 saturated carbocycles. The van der Waals surface area contributed by atoms with Crippen LogP contribution in [0.1, 0.15) is 27.2 Å². The van der Waals surface area contributed by atoms with Crippen molar-refractivity contribution in [1.29, 1.82) is 0 Å². The Morgan fingerprint density at radius 3 is 2.15 bits per heavy atom. The van der Waals surface area contributed by atoms with Gasteiger partial charge in [0, 0.05) is 19.5 Å². The fourth-order valence-electron chi connectivity index (χ4n) is 1.74. The standard InChI is InChI=1S/C14H16N2O4/c1-9(17)7-14(20)15-12-5-4-6-13(8-12)16(10(2)18)11(3)19/h4-6,8H,7H2,1-3H3,(H,15,20). The Hall–Kier alpha value is -2.50. The summed E-state index contributed by atoms with van der Waals surface area (Å²) in [6.45, 7) is 3.88. The van der Waals surface area contributed by atoms with Crippen molar-refractivity contribution in [3.63, 3.8) is 0 Å². The van der Waals surface area contributed by atoms with E-state index in [0.29, 0.717) is 11.4 Å². The van der Waals surface area contributed by atoms with Gasteiger partial charge in [-0.05, 0) is 25.1 Å². The lowest BCUT2D eigenvalue weighted by molar-refractivity contribution is -0.125. The molecule has 20 heavy (non-hydrogen) atoms. The molecule has 0 bridgehead atoms. The van der Waals surface area contributed by atoms with E-state index in [9.17, 15) is 19.2 Å². The summed E-state index contributed by atoms with van der Waals surface area (Å²) >= 11 is 0. The fraction of sp³-hybridized carbons (Fsp3) is 0.286. The predicted molar refractivity (Wildman–Crippen MR) is 74.2 cm³/mol. The van der Waals surface area contributed by atoms with Crippen molar-refractivity contribution in [2.24, 2.45) is 0 Å². The van der Waals surface area contributed by atoms with Gasteiger partial charge in [-0.1, -0.05) is 6.07 Å². The van der Waals surface area contributed by atoms with E-state index < -0.39 is 17.7 Å². The molecule has 0 radical (unpaired) electrons. The Kier molecular flexibility index (Phi) is 5.14. The van der Waals surface area contributed by atoms with Gasteiger partial charge in [-0.15, -0.1) is 0 Å². The van der Waals surface area contributed by atoms with Gasteiger partial charge in [0.2, 0.25) is 17.7 Å². The molecule has 0 aliphatic heterocycles. The number of benzene rings is 1. The number of hydrogen-bond acceptors (Lipinski definition) is 4. The van der Waals surface area contributed by atoms with Gasteiger partial charge >= 0.3 is 0 Å². The maximum absolute atomic E-state index is 11.5. The maximum atomic E-state index is 11.5. The molecule has 0 heterocycles. The molecule has 6 heteroatoms. The largest absolute Gasteiger partial charge is 0.326 e. The molecule has 6 nitrogen and oxygen atoms in total. The molecular formula is C14H16N2O4. The van der Waals surface area contributed by atoms with E-state index in [0.717, 1.165) is 4.90 Å². The van der Waals surface area contributed by atoms with Crippen LogP contribution in [-0.2, 0) is 19.2 Å². The number of hydrogen-bond donors (Lipinski definition) is 1. The molecular weight excluding hydrogens is 260 g/mol. The van der Waals surface area contributed by atoms with E-state index in [1.54, 1.807) is 18.2 Å². The summed E-state index contributed by atoms with van der Waals surface area (Å²) in [6.07, 6.45) is -0.215. The minimum absolute atomic E-state index is 0.215. The fourth-order valence-corrected chi connectivity index (χ4v) is 1.74. The van der Waals surface area contributed by atoms with Crippen molar-refractivity contribution in [3.05, 3.63) is 24.3 Å². The number of rotatable bonds is 4. The lowest BCUT2D eigenvalue weighted by atomic mass is 10.2. The van der Waals surface area contributed by atoms with E-state index in [1.165, 1.54) is 26.8 Å². The topological polar surface area (TPSA) is 83.6 Å². The Morgan fingerprint density at radius 2 is 1.65 bits per heavy atom. The smallest absolute Gasteiger partial charge is 0.231 e. The second-order valence-corrected chi connectivity index (χ2v) is 4.35. The molecule has 3 amide bonds. The first kappa shape index (κ1) is 15.6. The van der Waals surface area contributed by atoms with Gasteiger partial charge in [0.1, 0.15) is 5.78 Å². The van der Waals surface area contributed by atoms with Crippen LogP contribution in [0.5, 0.6) is 0 Å². The molecule has 0 saturated heterocycles. The molecule has 0 fully saturated rings. The van der Waals surface area contributed by atoms with Crippen molar-refractivity contribution in [3.8, 4) is 0 Å². The average molecular weight is 276 g/mol. The molecule has 0 aliphatic carbocycles. The van der Waals surface area contributed by atoms with E-state index in [-0.39, 0.29) is 12.2 Å². The Labute approximate surface area is 116 Å². The monoisotopic (exact) mass is 276 g/mol. The number of ketones is 1. The third kappa shape index (κ3) is 4.31. The van der Waals surface area contributed by atoms with Crippen LogP contribution in [0, 0.1) is 0 Å². The number of amides is 3. The second-order valence-electron chi connectivity index (χ2n) is 4.35. The van der Waals surface area contributed by atoms with Gasteiger partial charge in [-0.3, -0.25) is 24.1 Å². The van der Waals surface area contributed by atoms with Gasteiger partial charge in [-0.25, -0.2) is 0 Å². The molecule has 1 N–H and O–H groups in total. The number of imide groups is 1. The van der Waals surface area contributed by atoms with Crippen LogP contribution in [0.15, 0.2) is 24.3 Å². The Balaban J connectivity index is 2.95. The highest BCUT2D eigenvalue weighted by molar-refractivity contribution is 6.13. The van der Waals surface area contributed by atoms with Crippen LogP contribution in [0.4, 0.5) is 11.4 Å². The van der Waals surface area contributed by atoms with E-state index in [4.69, 9.17) is 0 Å². The zero-order valence-corrected chi connectivity index (χ0v) is 11.6. The highest BCUT2D eigenvalue weighted by atomic mass is 16.2. The first-order valence-corrected chi connectivity index (χ1v) is 6.02. The normalized spacial score (nSPS) is 9.75. The second kappa shape index (κ2) is 6.60. The zero-order valence-electron chi connectivity index (χ0n) is 11.6. The third-order valence-electron chi connectivity index (χ3n) is 2.43. The van der Waals surface area contributed by atoms with Gasteiger partial charge in [0.25, 0.3) is 0 Å². The highest BCUT2D eigenvalue weighted by Crippen LogP contribution is 2.20. The van der Waals surface area contributed by atoms with Crippen molar-refractivity contribution in [1.82, 2.24) is 0 Å². The molecule has 1 aromatic carbocycles. The first-order valence-electron chi connectivity index (χ1n) is 6.02. The summed E-state index contributed by atoms with van der Waals surface area (Å²) in [4.78, 5) is 46.2. The summed E-state index contributed by atoms with van der Waals surface area (Å²) in [7, 11) is 0. The Bertz CT molecular complexity index is 552. The maximum Gasteiger partial charge on any atom is 0.231 e. The van der Waals surface area contributed by atoms with Crippen LogP contribution in [-0.4, -0.2) is 23.5 Å². The van der Waals surface area contributed by atoms with E-state index >= 15 is 0 Å². The van der Waals surface area contributed by atoms with Gasteiger partial charge in [0.05, 0.1) is 12.1 Å². The Morgan fingerprint density at radius 1 is 1.05 bits per heavy atom. The molecule has 0 unspecified atom stereocenters. The van der Waals surface area contributed by atoms with Gasteiger partial charge in [0.15, 0.2) is 0 Å². The SMILES string of the molecule is CC(=O)CC(=O)Nc1cccc(N(C(C)=O)C(C)=O)c1. The highest BCUT2D eigenvalue weighted by Gasteiger charge is 2.16. The number of anilines is 2. The number of carbonyl (C=O) groups is 4. The predicted octanol–water partition coefficient (Wildman–Crippen LogP) is 1.50. The van der Waals surface area contributed by atoms with Crippen LogP contribution in [0.2, 0.25) is 0 Å². The molecule has 1 aromatic rings. The van der Waals surface area contributed by atoms with Crippen LogP contribution in [0.25, 0.3) is 0 Å². The van der Waals surface area contributed by atoms with E-state index in [2.05, 4.69) is 5.32 Å². The van der Waals surface area contributed by atoms with E-state index in [1.807, 2.05) is 0 Å². The molecule has 0 aromatic heterocycles. The molecule has 0 aliphatic rings. The number of nitrogens with one attached hydrogen (secondary N) is 1. The molecule has 106 valence electrons. The van der Waals surface area contributed by atoms with Gasteiger partial charge in [-0.2, -0.15) is 0 Å². The van der Waals surface area contributed by atoms with Crippen molar-refractivity contribution in [2.75, 3.05) is 10.2 Å². The summed E-state index contributed by atoms with van der Waals surface area (Å²) < 4.78 is 0. The third-order valence-corrected chi connectivity index (χ3v) is 2.43. The average Bonchev–Trinajstić information content (AvgIpc) is 2.26. The van der Waals surface area contributed by atoms with Crippen LogP contribution >= 0.6 is 0 Å². The van der Waals surface area contributed by atoms with Crippen molar-refractivity contribution < 1.29 is 19.2 Å². The van der Waals surface area contributed by atoms with Crippen LogP contribution in [0.3, 0.4) is 0 Å². The molecule has 0 spiro atoms. The summed E-state index contributed by atoms with van der Waals surface area (Å²) in [5.74, 6) is -1.51.